The number of hydrogen-bond acceptors (Lipinski definition) is 6. The molecule has 1 saturated heterocycles. The van der Waals surface area contributed by atoms with E-state index in [-0.39, 0.29) is 24.0 Å². The minimum absolute atomic E-state index is 0. The van der Waals surface area contributed by atoms with E-state index in [1.165, 1.54) is 5.00 Å². The second-order valence-corrected chi connectivity index (χ2v) is 7.59. The lowest BCUT2D eigenvalue weighted by molar-refractivity contribution is 0.203. The van der Waals surface area contributed by atoms with Crippen molar-refractivity contribution in [3.63, 3.8) is 0 Å². The summed E-state index contributed by atoms with van der Waals surface area (Å²) in [6, 6.07) is 4.72. The zero-order valence-corrected chi connectivity index (χ0v) is 19.9. The van der Waals surface area contributed by atoms with Crippen LogP contribution in [-0.2, 0) is 18.3 Å². The molecule has 1 aliphatic heterocycles. The maximum absolute atomic E-state index is 5.15. The summed E-state index contributed by atoms with van der Waals surface area (Å²) in [4.78, 5) is 7.17. The van der Waals surface area contributed by atoms with Gasteiger partial charge >= 0.3 is 0 Å². The standard InChI is InChI=1S/C18H29N7OS.HI/c1-14-22-23-16(24(14)2)13-20-18(19-8-11-26-3)21-15-6-9-25(10-7-15)17-5-4-12-27-17;/h4-5,12,15H,6-11,13H2,1-3H3,(H2,19,20,21);1H. The molecule has 2 aromatic rings. The Morgan fingerprint density at radius 3 is 2.75 bits per heavy atom. The maximum Gasteiger partial charge on any atom is 0.192 e. The van der Waals surface area contributed by atoms with Gasteiger partial charge in [-0.1, -0.05) is 0 Å². The van der Waals surface area contributed by atoms with Crippen molar-refractivity contribution in [1.29, 1.82) is 0 Å². The largest absolute Gasteiger partial charge is 0.383 e. The molecule has 10 heteroatoms. The van der Waals surface area contributed by atoms with Gasteiger partial charge in [-0.3, -0.25) is 0 Å². The first-order chi connectivity index (χ1) is 13.2. The van der Waals surface area contributed by atoms with Crippen molar-refractivity contribution < 1.29 is 4.74 Å². The maximum atomic E-state index is 5.15. The van der Waals surface area contributed by atoms with Crippen LogP contribution >= 0.6 is 35.3 Å². The second-order valence-electron chi connectivity index (χ2n) is 6.66. The molecule has 156 valence electrons. The molecule has 0 spiro atoms. The van der Waals surface area contributed by atoms with E-state index in [0.29, 0.717) is 25.7 Å². The number of aromatic nitrogens is 3. The number of anilines is 1. The smallest absolute Gasteiger partial charge is 0.192 e. The van der Waals surface area contributed by atoms with Crippen molar-refractivity contribution >= 4 is 46.3 Å². The van der Waals surface area contributed by atoms with Gasteiger partial charge in [0, 0.05) is 39.8 Å². The number of methoxy groups -OCH3 is 1. The van der Waals surface area contributed by atoms with Crippen molar-refractivity contribution in [3.05, 3.63) is 29.2 Å². The molecule has 3 rings (SSSR count). The van der Waals surface area contributed by atoms with Gasteiger partial charge in [-0.25, -0.2) is 4.99 Å². The van der Waals surface area contributed by atoms with E-state index in [1.54, 1.807) is 7.11 Å². The zero-order valence-electron chi connectivity index (χ0n) is 16.7. The van der Waals surface area contributed by atoms with Gasteiger partial charge in [0.25, 0.3) is 0 Å². The highest BCUT2D eigenvalue weighted by atomic mass is 127. The molecule has 1 fully saturated rings. The van der Waals surface area contributed by atoms with Crippen LogP contribution in [-0.4, -0.2) is 60.1 Å². The second kappa shape index (κ2) is 11.6. The highest BCUT2D eigenvalue weighted by molar-refractivity contribution is 14.0. The third kappa shape index (κ3) is 6.31. The van der Waals surface area contributed by atoms with Crippen molar-refractivity contribution in [2.24, 2.45) is 12.0 Å². The van der Waals surface area contributed by atoms with E-state index < -0.39 is 0 Å². The summed E-state index contributed by atoms with van der Waals surface area (Å²) in [5, 5.41) is 18.7. The van der Waals surface area contributed by atoms with Crippen LogP contribution in [0.3, 0.4) is 0 Å². The number of halogens is 1. The van der Waals surface area contributed by atoms with Crippen LogP contribution in [0.5, 0.6) is 0 Å². The number of rotatable bonds is 7. The molecule has 0 amide bonds. The number of ether oxygens (including phenoxy) is 1. The van der Waals surface area contributed by atoms with E-state index >= 15 is 0 Å². The van der Waals surface area contributed by atoms with Crippen molar-refractivity contribution in [1.82, 2.24) is 25.4 Å². The van der Waals surface area contributed by atoms with E-state index in [2.05, 4.69) is 43.2 Å². The number of aryl methyl sites for hydroxylation is 1. The van der Waals surface area contributed by atoms with E-state index in [1.807, 2.05) is 29.9 Å². The molecule has 2 aromatic heterocycles. The number of guanidine groups is 1. The lowest BCUT2D eigenvalue weighted by atomic mass is 10.1. The molecule has 0 atom stereocenters. The SMILES string of the molecule is COCCNC(=NCc1nnc(C)n1C)NC1CCN(c2cccs2)CC1.I. The van der Waals surface area contributed by atoms with Crippen LogP contribution in [0.4, 0.5) is 5.00 Å². The fourth-order valence-electron chi connectivity index (χ4n) is 3.05. The summed E-state index contributed by atoms with van der Waals surface area (Å²) in [6.45, 7) is 5.91. The Labute approximate surface area is 187 Å². The van der Waals surface area contributed by atoms with Crippen molar-refractivity contribution in [3.8, 4) is 0 Å². The number of hydrogen-bond donors (Lipinski definition) is 2. The Morgan fingerprint density at radius 1 is 1.36 bits per heavy atom. The van der Waals surface area contributed by atoms with Crippen LogP contribution in [0.25, 0.3) is 0 Å². The molecule has 1 aliphatic rings. The quantitative estimate of drug-likeness (QED) is 0.253. The Bertz CT molecular complexity index is 726. The van der Waals surface area contributed by atoms with Crippen molar-refractivity contribution in [2.75, 3.05) is 38.3 Å². The van der Waals surface area contributed by atoms with Gasteiger partial charge in [-0.2, -0.15) is 0 Å². The summed E-state index contributed by atoms with van der Waals surface area (Å²) in [7, 11) is 3.67. The average molecular weight is 519 g/mol. The zero-order chi connectivity index (χ0) is 19.1. The first-order valence-electron chi connectivity index (χ1n) is 9.34. The van der Waals surface area contributed by atoms with Crippen LogP contribution in [0.1, 0.15) is 24.5 Å². The molecule has 0 aliphatic carbocycles. The van der Waals surface area contributed by atoms with E-state index in [9.17, 15) is 0 Å². The number of piperidine rings is 1. The predicted octanol–water partition coefficient (Wildman–Crippen LogP) is 2.15. The number of thiophene rings is 1. The summed E-state index contributed by atoms with van der Waals surface area (Å²) in [6.07, 6.45) is 2.18. The van der Waals surface area contributed by atoms with E-state index in [4.69, 9.17) is 9.73 Å². The molecule has 0 aromatic carbocycles. The summed E-state index contributed by atoms with van der Waals surface area (Å²) >= 11 is 1.81. The summed E-state index contributed by atoms with van der Waals surface area (Å²) in [5.74, 6) is 2.55. The molecule has 0 unspecified atom stereocenters. The van der Waals surface area contributed by atoms with Crippen LogP contribution < -0.4 is 15.5 Å². The minimum Gasteiger partial charge on any atom is -0.383 e. The Hall–Kier alpha value is -1.40. The third-order valence-electron chi connectivity index (χ3n) is 4.81. The van der Waals surface area contributed by atoms with Crippen LogP contribution in [0.15, 0.2) is 22.5 Å². The highest BCUT2D eigenvalue weighted by Crippen LogP contribution is 2.24. The monoisotopic (exact) mass is 519 g/mol. The van der Waals surface area contributed by atoms with Gasteiger partial charge in [0.15, 0.2) is 11.8 Å². The predicted molar refractivity (Wildman–Crippen MR) is 125 cm³/mol. The third-order valence-corrected chi connectivity index (χ3v) is 5.74. The Kier molecular flexibility index (Phi) is 9.45. The number of aliphatic imine (C=N–C) groups is 1. The first-order valence-corrected chi connectivity index (χ1v) is 10.2. The molecule has 0 bridgehead atoms. The first kappa shape index (κ1) is 22.9. The molecule has 3 heterocycles. The minimum atomic E-state index is 0. The van der Waals surface area contributed by atoms with Crippen molar-refractivity contribution in [2.45, 2.75) is 32.4 Å². The number of nitrogens with zero attached hydrogens (tertiary/aromatic N) is 5. The van der Waals surface area contributed by atoms with Crippen LogP contribution in [0.2, 0.25) is 0 Å². The Balaban J connectivity index is 0.00000280. The summed E-state index contributed by atoms with van der Waals surface area (Å²) < 4.78 is 7.11. The Morgan fingerprint density at radius 2 is 2.14 bits per heavy atom. The molecule has 28 heavy (non-hydrogen) atoms. The fraction of sp³-hybridized carbons (Fsp3) is 0.611. The highest BCUT2D eigenvalue weighted by Gasteiger charge is 2.20. The van der Waals surface area contributed by atoms with E-state index in [0.717, 1.165) is 43.5 Å². The molecule has 8 nitrogen and oxygen atoms in total. The average Bonchev–Trinajstić information content (AvgIpc) is 3.32. The van der Waals surface area contributed by atoms with Gasteiger partial charge in [0.05, 0.1) is 11.6 Å². The number of nitrogens with one attached hydrogen (secondary N) is 2. The van der Waals surface area contributed by atoms with Gasteiger partial charge in [0.2, 0.25) is 0 Å². The fourth-order valence-corrected chi connectivity index (χ4v) is 3.84. The molecule has 2 N–H and O–H groups in total. The topological polar surface area (TPSA) is 79.6 Å². The molecule has 0 radical (unpaired) electrons. The lowest BCUT2D eigenvalue weighted by Crippen LogP contribution is -2.49. The molecule has 0 saturated carbocycles. The van der Waals surface area contributed by atoms with Crippen LogP contribution in [0, 0.1) is 6.92 Å². The van der Waals surface area contributed by atoms with Gasteiger partial charge in [0.1, 0.15) is 12.4 Å². The van der Waals surface area contributed by atoms with Gasteiger partial charge in [-0.05, 0) is 37.3 Å². The molecular weight excluding hydrogens is 489 g/mol. The lowest BCUT2D eigenvalue weighted by Gasteiger charge is -2.33. The normalized spacial score (nSPS) is 15.4. The molecular formula is C18H30IN7OS. The van der Waals surface area contributed by atoms with Gasteiger partial charge < -0.3 is 24.8 Å². The summed E-state index contributed by atoms with van der Waals surface area (Å²) in [5.41, 5.74) is 0. The van der Waals surface area contributed by atoms with Gasteiger partial charge in [-0.15, -0.1) is 45.5 Å².